The molecule has 4 heterocycles. The van der Waals surface area contributed by atoms with E-state index in [1.165, 1.54) is 55.1 Å². The molecule has 5 aromatic carbocycles. The van der Waals surface area contributed by atoms with Crippen molar-refractivity contribution in [3.63, 3.8) is 0 Å². The molecule has 0 aliphatic rings. The standard InChI is InChI=1S/C46H41N5O/c1-26-18-28(3)44-39(20-26)40-21-27(2)19-29(4)45(40)50(44)43-30(5)25-47-46(33(43)8)49-41-15-10-9-14-37(41)38-17-16-36(24-42(38)49)52-35-13-11-12-34(23-35)51-32(7)22-31(6)48-51/h9-25H,1-8H3. The molecule has 6 nitrogen and oxygen atoms in total. The Hall–Kier alpha value is -6.14. The van der Waals surface area contributed by atoms with Crippen LogP contribution in [0.3, 0.4) is 0 Å². The first-order valence-corrected chi connectivity index (χ1v) is 17.9. The van der Waals surface area contributed by atoms with E-state index in [0.29, 0.717) is 0 Å². The molecule has 256 valence electrons. The molecule has 0 saturated carbocycles. The monoisotopic (exact) mass is 679 g/mol. The molecule has 0 saturated heterocycles. The summed E-state index contributed by atoms with van der Waals surface area (Å²) in [5, 5.41) is 9.58. The highest BCUT2D eigenvalue weighted by molar-refractivity contribution is 6.12. The summed E-state index contributed by atoms with van der Waals surface area (Å²) in [4.78, 5) is 5.19. The minimum atomic E-state index is 0.751. The van der Waals surface area contributed by atoms with Gasteiger partial charge in [0.2, 0.25) is 0 Å². The average Bonchev–Trinajstić information content (AvgIpc) is 3.73. The third-order valence-corrected chi connectivity index (χ3v) is 10.5. The minimum absolute atomic E-state index is 0.751. The van der Waals surface area contributed by atoms with Gasteiger partial charge in [-0.15, -0.1) is 0 Å². The Bertz CT molecular complexity index is 2850. The smallest absolute Gasteiger partial charge is 0.142 e. The molecule has 0 amide bonds. The van der Waals surface area contributed by atoms with Gasteiger partial charge in [-0.1, -0.05) is 47.5 Å². The van der Waals surface area contributed by atoms with E-state index in [0.717, 1.165) is 61.9 Å². The fourth-order valence-corrected chi connectivity index (χ4v) is 8.49. The van der Waals surface area contributed by atoms with E-state index in [4.69, 9.17) is 9.72 Å². The van der Waals surface area contributed by atoms with Crippen molar-refractivity contribution in [3.8, 4) is 28.7 Å². The molecule has 0 N–H and O–H groups in total. The van der Waals surface area contributed by atoms with Gasteiger partial charge in [0.15, 0.2) is 0 Å². The molecule has 9 aromatic rings. The van der Waals surface area contributed by atoms with Crippen LogP contribution in [-0.2, 0) is 0 Å². The Kier molecular flexibility index (Phi) is 7.16. The highest BCUT2D eigenvalue weighted by Gasteiger charge is 2.23. The number of fused-ring (bicyclic) bond motifs is 6. The molecule has 0 atom stereocenters. The van der Waals surface area contributed by atoms with Gasteiger partial charge >= 0.3 is 0 Å². The van der Waals surface area contributed by atoms with Crippen molar-refractivity contribution in [3.05, 3.63) is 148 Å². The van der Waals surface area contributed by atoms with Crippen molar-refractivity contribution >= 4 is 43.6 Å². The van der Waals surface area contributed by atoms with Crippen LogP contribution in [0.25, 0.3) is 60.8 Å². The SMILES string of the molecule is Cc1cc(C)c2c(c1)c1cc(C)cc(C)c1n2-c1c(C)cnc(-n2c3ccccc3c3ccc(Oc4cccc(-n5nc(C)cc5C)c4)cc32)c1C. The van der Waals surface area contributed by atoms with Gasteiger partial charge in [0.25, 0.3) is 0 Å². The number of aryl methyl sites for hydroxylation is 7. The van der Waals surface area contributed by atoms with E-state index in [2.05, 4.69) is 142 Å². The maximum atomic E-state index is 6.58. The predicted molar refractivity (Wildman–Crippen MR) is 214 cm³/mol. The van der Waals surface area contributed by atoms with Gasteiger partial charge < -0.3 is 9.30 Å². The quantitative estimate of drug-likeness (QED) is 0.182. The first kappa shape index (κ1) is 31.8. The molecular formula is C46H41N5O. The van der Waals surface area contributed by atoms with E-state index < -0.39 is 0 Å². The highest BCUT2D eigenvalue weighted by Crippen LogP contribution is 2.41. The third kappa shape index (κ3) is 4.85. The number of aromatic nitrogens is 5. The Morgan fingerprint density at radius 2 is 1.21 bits per heavy atom. The Balaban J connectivity index is 1.26. The maximum absolute atomic E-state index is 6.58. The molecule has 0 unspecified atom stereocenters. The summed E-state index contributed by atoms with van der Waals surface area (Å²) in [5.41, 5.74) is 16.2. The van der Waals surface area contributed by atoms with Crippen molar-refractivity contribution in [2.45, 2.75) is 55.4 Å². The highest BCUT2D eigenvalue weighted by atomic mass is 16.5. The van der Waals surface area contributed by atoms with Crippen LogP contribution in [0.5, 0.6) is 11.5 Å². The molecule has 0 fully saturated rings. The van der Waals surface area contributed by atoms with Crippen LogP contribution in [0.1, 0.15) is 44.8 Å². The molecule has 52 heavy (non-hydrogen) atoms. The normalized spacial score (nSPS) is 11.8. The molecule has 4 aromatic heterocycles. The minimum Gasteiger partial charge on any atom is -0.457 e. The lowest BCUT2D eigenvalue weighted by atomic mass is 10.0. The van der Waals surface area contributed by atoms with E-state index in [1.54, 1.807) is 0 Å². The van der Waals surface area contributed by atoms with Crippen molar-refractivity contribution in [2.24, 2.45) is 0 Å². The van der Waals surface area contributed by atoms with Crippen LogP contribution in [0.2, 0.25) is 0 Å². The summed E-state index contributed by atoms with van der Waals surface area (Å²) < 4.78 is 13.3. The number of nitrogens with zero attached hydrogens (tertiary/aromatic N) is 5. The zero-order chi connectivity index (χ0) is 36.0. The lowest BCUT2D eigenvalue weighted by molar-refractivity contribution is 0.482. The van der Waals surface area contributed by atoms with Crippen LogP contribution < -0.4 is 4.74 Å². The number of ether oxygens (including phenoxy) is 1. The van der Waals surface area contributed by atoms with Crippen LogP contribution in [-0.4, -0.2) is 23.9 Å². The van der Waals surface area contributed by atoms with E-state index in [9.17, 15) is 0 Å². The van der Waals surface area contributed by atoms with E-state index in [1.807, 2.05) is 36.0 Å². The summed E-state index contributed by atoms with van der Waals surface area (Å²) in [6.45, 7) is 17.3. The van der Waals surface area contributed by atoms with Gasteiger partial charge in [-0.25, -0.2) is 9.67 Å². The van der Waals surface area contributed by atoms with Crippen LogP contribution in [0, 0.1) is 55.4 Å². The molecule has 0 bridgehead atoms. The van der Waals surface area contributed by atoms with Gasteiger partial charge in [-0.05, 0) is 121 Å². The number of benzene rings is 5. The predicted octanol–water partition coefficient (Wildman–Crippen LogP) is 11.7. The lowest BCUT2D eigenvalue weighted by Gasteiger charge is -2.20. The maximum Gasteiger partial charge on any atom is 0.142 e. The summed E-state index contributed by atoms with van der Waals surface area (Å²) in [6, 6.07) is 34.4. The molecule has 0 aliphatic heterocycles. The molecule has 0 radical (unpaired) electrons. The Morgan fingerprint density at radius 3 is 1.90 bits per heavy atom. The van der Waals surface area contributed by atoms with Crippen molar-refractivity contribution < 1.29 is 4.74 Å². The lowest BCUT2D eigenvalue weighted by Crippen LogP contribution is -2.08. The first-order chi connectivity index (χ1) is 25.1. The van der Waals surface area contributed by atoms with Crippen molar-refractivity contribution in [1.82, 2.24) is 23.9 Å². The van der Waals surface area contributed by atoms with Crippen LogP contribution in [0.4, 0.5) is 0 Å². The second kappa shape index (κ2) is 11.7. The molecule has 0 aliphatic carbocycles. The number of rotatable bonds is 5. The molecular weight excluding hydrogens is 639 g/mol. The molecule has 9 rings (SSSR count). The summed E-state index contributed by atoms with van der Waals surface area (Å²) in [6.07, 6.45) is 2.04. The fraction of sp³-hybridized carbons (Fsp3) is 0.174. The number of hydrogen-bond acceptors (Lipinski definition) is 3. The summed E-state index contributed by atoms with van der Waals surface area (Å²) in [7, 11) is 0. The zero-order valence-electron chi connectivity index (χ0n) is 31.0. The zero-order valence-corrected chi connectivity index (χ0v) is 31.0. The summed E-state index contributed by atoms with van der Waals surface area (Å²) in [5.74, 6) is 2.41. The van der Waals surface area contributed by atoms with E-state index in [-0.39, 0.29) is 0 Å². The largest absolute Gasteiger partial charge is 0.457 e. The molecule has 0 spiro atoms. The number of pyridine rings is 1. The van der Waals surface area contributed by atoms with Crippen LogP contribution in [0.15, 0.2) is 103 Å². The van der Waals surface area contributed by atoms with Crippen molar-refractivity contribution in [2.75, 3.05) is 0 Å². The number of para-hydroxylation sites is 1. The topological polar surface area (TPSA) is 49.8 Å². The van der Waals surface area contributed by atoms with Gasteiger partial charge in [0.1, 0.15) is 17.3 Å². The Labute approximate surface area is 303 Å². The van der Waals surface area contributed by atoms with Crippen molar-refractivity contribution in [1.29, 1.82) is 0 Å². The van der Waals surface area contributed by atoms with Gasteiger partial charge in [0.05, 0.1) is 39.1 Å². The van der Waals surface area contributed by atoms with Gasteiger partial charge in [-0.2, -0.15) is 5.10 Å². The van der Waals surface area contributed by atoms with Gasteiger partial charge in [-0.3, -0.25) is 4.57 Å². The second-order valence-electron chi connectivity index (χ2n) is 14.5. The number of hydrogen-bond donors (Lipinski definition) is 0. The molecule has 6 heteroatoms. The van der Waals surface area contributed by atoms with Crippen LogP contribution >= 0.6 is 0 Å². The van der Waals surface area contributed by atoms with E-state index >= 15 is 0 Å². The first-order valence-electron chi connectivity index (χ1n) is 17.9. The fourth-order valence-electron chi connectivity index (χ4n) is 8.49. The summed E-state index contributed by atoms with van der Waals surface area (Å²) >= 11 is 0. The Morgan fingerprint density at radius 1 is 0.538 bits per heavy atom. The average molecular weight is 680 g/mol. The second-order valence-corrected chi connectivity index (χ2v) is 14.5. The van der Waals surface area contributed by atoms with Gasteiger partial charge in [0, 0.05) is 51.1 Å². The third-order valence-electron chi connectivity index (χ3n) is 10.5.